The molecule has 0 bridgehead atoms. The van der Waals surface area contributed by atoms with Crippen molar-refractivity contribution in [2.75, 3.05) is 19.5 Å². The van der Waals surface area contributed by atoms with Gasteiger partial charge in [0, 0.05) is 5.41 Å². The molecule has 3 aromatic rings. The molecule has 190 valence electrons. The van der Waals surface area contributed by atoms with Gasteiger partial charge in [-0.25, -0.2) is 22.0 Å². The highest BCUT2D eigenvalue weighted by Gasteiger charge is 2.33. The van der Waals surface area contributed by atoms with E-state index in [0.717, 1.165) is 5.56 Å². The topological polar surface area (TPSA) is 47.6 Å². The molecule has 0 aromatic heterocycles. The fourth-order valence-electron chi connectivity index (χ4n) is 3.55. The molecule has 0 heterocycles. The minimum atomic E-state index is -2.30. The number of hydrogen-bond acceptors (Lipinski definition) is 3. The maximum absolute atomic E-state index is 14.1. The first-order valence-corrected chi connectivity index (χ1v) is 10.8. The van der Waals surface area contributed by atoms with Gasteiger partial charge in [-0.1, -0.05) is 44.2 Å². The predicted molar refractivity (Wildman–Crippen MR) is 127 cm³/mol. The van der Waals surface area contributed by atoms with Crippen LogP contribution in [0.1, 0.15) is 31.4 Å². The second kappa shape index (κ2) is 10.8. The Kier molecular flexibility index (Phi) is 8.02. The molecule has 36 heavy (non-hydrogen) atoms. The van der Waals surface area contributed by atoms with Crippen LogP contribution in [0.3, 0.4) is 0 Å². The molecule has 0 unspecified atom stereocenters. The molecular weight excluding hydrogens is 481 g/mol. The summed E-state index contributed by atoms with van der Waals surface area (Å²) in [6.07, 6.45) is 1.85. The quantitative estimate of drug-likeness (QED) is 0.155. The van der Waals surface area contributed by atoms with E-state index in [4.69, 9.17) is 9.47 Å². The first kappa shape index (κ1) is 26.7. The zero-order valence-corrected chi connectivity index (χ0v) is 20.0. The Morgan fingerprint density at radius 1 is 0.833 bits per heavy atom. The van der Waals surface area contributed by atoms with Crippen molar-refractivity contribution >= 4 is 23.2 Å². The number of carbonyl (C=O) groups is 1. The van der Waals surface area contributed by atoms with Gasteiger partial charge in [0.15, 0.2) is 23.3 Å². The fraction of sp³-hybridized carbons (Fsp3) is 0.222. The number of anilines is 1. The number of amides is 1. The smallest absolute Gasteiger partial charge is 0.230 e. The minimum Gasteiger partial charge on any atom is -0.497 e. The molecule has 9 heteroatoms. The molecule has 0 saturated carbocycles. The van der Waals surface area contributed by atoms with Crippen LogP contribution < -0.4 is 14.8 Å². The van der Waals surface area contributed by atoms with Crippen molar-refractivity contribution in [3.8, 4) is 11.5 Å². The highest BCUT2D eigenvalue weighted by Crippen LogP contribution is 2.36. The molecule has 0 spiro atoms. The number of benzene rings is 3. The third-order valence-corrected chi connectivity index (χ3v) is 5.57. The number of hydrogen-bond donors (Lipinski definition) is 1. The highest BCUT2D eigenvalue weighted by atomic mass is 19.2. The largest absolute Gasteiger partial charge is 0.497 e. The molecule has 1 amide bonds. The highest BCUT2D eigenvalue weighted by molar-refractivity contribution is 5.97. The minimum absolute atomic E-state index is 0.0403. The number of methoxy groups -OCH3 is 2. The number of allylic oxidation sites excluding steroid dienone is 1. The van der Waals surface area contributed by atoms with Gasteiger partial charge in [-0.05, 0) is 47.4 Å². The standard InChI is InChI=1S/C27H24F5NO3/c1-27(2,26(34)33-25-23(31)21(29)20(28)22(30)24(25)32)14-17(16-8-6-10-19(13-16)36-4)11-15-7-5-9-18(12-15)35-3/h5-13H,14H2,1-4H3,(H,33,34)/b17-11-. The summed E-state index contributed by atoms with van der Waals surface area (Å²) in [5, 5.41) is 1.88. The van der Waals surface area contributed by atoms with E-state index in [-0.39, 0.29) is 6.42 Å². The van der Waals surface area contributed by atoms with Crippen molar-refractivity contribution in [3.05, 3.63) is 88.7 Å². The van der Waals surface area contributed by atoms with E-state index in [9.17, 15) is 26.7 Å². The Hall–Kier alpha value is -3.88. The number of carbonyl (C=O) groups excluding carboxylic acids is 1. The van der Waals surface area contributed by atoms with Crippen LogP contribution in [-0.2, 0) is 4.79 Å². The number of ether oxygens (including phenoxy) is 2. The van der Waals surface area contributed by atoms with Gasteiger partial charge in [0.05, 0.1) is 14.2 Å². The third-order valence-electron chi connectivity index (χ3n) is 5.57. The molecule has 0 atom stereocenters. The molecular formula is C27H24F5NO3. The molecule has 3 rings (SSSR count). The van der Waals surface area contributed by atoms with Crippen LogP contribution in [0.2, 0.25) is 0 Å². The van der Waals surface area contributed by atoms with Gasteiger partial charge in [-0.2, -0.15) is 0 Å². The van der Waals surface area contributed by atoms with Crippen molar-refractivity contribution < 1.29 is 36.2 Å². The summed E-state index contributed by atoms with van der Waals surface area (Å²) in [4.78, 5) is 13.0. The molecule has 3 aromatic carbocycles. The first-order valence-electron chi connectivity index (χ1n) is 10.8. The lowest BCUT2D eigenvalue weighted by Crippen LogP contribution is -2.32. The normalized spacial score (nSPS) is 11.9. The molecule has 0 aliphatic heterocycles. The van der Waals surface area contributed by atoms with Crippen LogP contribution in [0.25, 0.3) is 11.6 Å². The Morgan fingerprint density at radius 3 is 1.94 bits per heavy atom. The van der Waals surface area contributed by atoms with Crippen molar-refractivity contribution in [3.63, 3.8) is 0 Å². The molecule has 1 N–H and O–H groups in total. The SMILES string of the molecule is COc1cccc(/C=C(/CC(C)(C)C(=O)Nc2c(F)c(F)c(F)c(F)c2F)c2cccc(OC)c2)c1. The van der Waals surface area contributed by atoms with Crippen LogP contribution >= 0.6 is 0 Å². The third kappa shape index (κ3) is 5.67. The summed E-state index contributed by atoms with van der Waals surface area (Å²) in [5.74, 6) is -10.6. The summed E-state index contributed by atoms with van der Waals surface area (Å²) in [6.45, 7) is 2.99. The van der Waals surface area contributed by atoms with Crippen molar-refractivity contribution in [2.24, 2.45) is 5.41 Å². The van der Waals surface area contributed by atoms with Gasteiger partial charge < -0.3 is 14.8 Å². The molecule has 4 nitrogen and oxygen atoms in total. The van der Waals surface area contributed by atoms with E-state index in [1.165, 1.54) is 28.1 Å². The predicted octanol–water partition coefficient (Wildman–Crippen LogP) is 6.99. The van der Waals surface area contributed by atoms with Gasteiger partial charge >= 0.3 is 0 Å². The van der Waals surface area contributed by atoms with E-state index in [0.29, 0.717) is 22.6 Å². The Balaban J connectivity index is 2.01. The van der Waals surface area contributed by atoms with Crippen LogP contribution in [0, 0.1) is 34.5 Å². The summed E-state index contributed by atoms with van der Waals surface area (Å²) >= 11 is 0. The van der Waals surface area contributed by atoms with Gasteiger partial charge in [0.1, 0.15) is 17.2 Å². The van der Waals surface area contributed by atoms with Crippen molar-refractivity contribution in [1.82, 2.24) is 0 Å². The van der Waals surface area contributed by atoms with E-state index in [2.05, 4.69) is 0 Å². The van der Waals surface area contributed by atoms with E-state index < -0.39 is 46.1 Å². The average Bonchev–Trinajstić information content (AvgIpc) is 2.88. The zero-order chi connectivity index (χ0) is 26.6. The summed E-state index contributed by atoms with van der Waals surface area (Å²) in [6, 6.07) is 14.2. The number of rotatable bonds is 8. The number of halogens is 5. The second-order valence-electron chi connectivity index (χ2n) is 8.64. The molecule has 0 aliphatic rings. The maximum Gasteiger partial charge on any atom is 0.230 e. The Bertz CT molecular complexity index is 1290. The maximum atomic E-state index is 14.1. The van der Waals surface area contributed by atoms with Gasteiger partial charge in [0.2, 0.25) is 11.7 Å². The lowest BCUT2D eigenvalue weighted by Gasteiger charge is -2.26. The van der Waals surface area contributed by atoms with Gasteiger partial charge in [-0.3, -0.25) is 4.79 Å². The summed E-state index contributed by atoms with van der Waals surface area (Å²) < 4.78 is 79.5. The van der Waals surface area contributed by atoms with E-state index in [1.807, 2.05) is 17.5 Å². The monoisotopic (exact) mass is 505 g/mol. The molecule has 0 fully saturated rings. The summed E-state index contributed by atoms with van der Waals surface area (Å²) in [5.41, 5.74) is -0.630. The van der Waals surface area contributed by atoms with Crippen molar-refractivity contribution in [1.29, 1.82) is 0 Å². The first-order chi connectivity index (χ1) is 17.0. The lowest BCUT2D eigenvalue weighted by atomic mass is 9.81. The Morgan fingerprint density at radius 2 is 1.36 bits per heavy atom. The van der Waals surface area contributed by atoms with E-state index in [1.54, 1.807) is 42.5 Å². The van der Waals surface area contributed by atoms with Gasteiger partial charge in [-0.15, -0.1) is 0 Å². The second-order valence-corrected chi connectivity index (χ2v) is 8.64. The molecule has 0 radical (unpaired) electrons. The number of nitrogens with one attached hydrogen (secondary N) is 1. The van der Waals surface area contributed by atoms with Crippen LogP contribution in [-0.4, -0.2) is 20.1 Å². The fourth-order valence-corrected chi connectivity index (χ4v) is 3.55. The lowest BCUT2D eigenvalue weighted by molar-refractivity contribution is -0.123. The molecule has 0 saturated heterocycles. The van der Waals surface area contributed by atoms with Crippen LogP contribution in [0.15, 0.2) is 48.5 Å². The summed E-state index contributed by atoms with van der Waals surface area (Å²) in [7, 11) is 3.03. The van der Waals surface area contributed by atoms with Crippen molar-refractivity contribution in [2.45, 2.75) is 20.3 Å². The van der Waals surface area contributed by atoms with Gasteiger partial charge in [0.25, 0.3) is 0 Å². The molecule has 0 aliphatic carbocycles. The average molecular weight is 505 g/mol. The van der Waals surface area contributed by atoms with Crippen LogP contribution in [0.5, 0.6) is 11.5 Å². The van der Waals surface area contributed by atoms with Crippen LogP contribution in [0.4, 0.5) is 27.6 Å². The Labute approximate surface area is 205 Å². The van der Waals surface area contributed by atoms with E-state index >= 15 is 0 Å². The zero-order valence-electron chi connectivity index (χ0n) is 20.0.